The van der Waals surface area contributed by atoms with Gasteiger partial charge in [0.1, 0.15) is 6.26 Å². The number of piperazine rings is 1. The maximum atomic E-state index is 12.1. The molecule has 1 aliphatic heterocycles. The summed E-state index contributed by atoms with van der Waals surface area (Å²) in [4.78, 5) is 16.3. The van der Waals surface area contributed by atoms with Crippen molar-refractivity contribution in [3.8, 4) is 0 Å². The second-order valence-electron chi connectivity index (χ2n) is 5.51. The molecule has 1 aromatic heterocycles. The summed E-state index contributed by atoms with van der Waals surface area (Å²) in [7, 11) is 0. The predicted molar refractivity (Wildman–Crippen MR) is 92.5 cm³/mol. The van der Waals surface area contributed by atoms with Crippen LogP contribution in [-0.2, 0) is 0 Å². The Morgan fingerprint density at radius 3 is 2.57 bits per heavy atom. The van der Waals surface area contributed by atoms with Gasteiger partial charge in [-0.25, -0.2) is 4.79 Å². The first-order chi connectivity index (χ1) is 10.6. The van der Waals surface area contributed by atoms with E-state index in [9.17, 15) is 4.79 Å². The summed E-state index contributed by atoms with van der Waals surface area (Å²) in [5.41, 5.74) is 3.86. The van der Waals surface area contributed by atoms with Gasteiger partial charge in [-0.3, -0.25) is 5.32 Å². The third-order valence-corrected chi connectivity index (χ3v) is 4.16. The summed E-state index contributed by atoms with van der Waals surface area (Å²) in [6.07, 6.45) is 1.44. The Hall–Kier alpha value is -2.21. The molecule has 2 amide bonds. The second-order valence-corrected chi connectivity index (χ2v) is 5.51. The van der Waals surface area contributed by atoms with Gasteiger partial charge >= 0.3 is 6.03 Å². The summed E-state index contributed by atoms with van der Waals surface area (Å²) in [5.74, 6) is 0.446. The van der Waals surface area contributed by atoms with E-state index in [0.29, 0.717) is 18.9 Å². The molecule has 1 aliphatic rings. The Bertz CT molecular complexity index is 652. The van der Waals surface area contributed by atoms with Gasteiger partial charge in [-0.2, -0.15) is 0 Å². The number of rotatable bonds is 2. The van der Waals surface area contributed by atoms with Crippen LogP contribution in [-0.4, -0.2) is 42.3 Å². The van der Waals surface area contributed by atoms with Crippen molar-refractivity contribution < 1.29 is 9.32 Å². The lowest BCUT2D eigenvalue weighted by molar-refractivity contribution is 0.208. The lowest BCUT2D eigenvalue weighted by atomic mass is 10.1. The van der Waals surface area contributed by atoms with E-state index in [1.165, 1.54) is 23.1 Å². The number of carbonyl (C=O) groups is 1. The van der Waals surface area contributed by atoms with Crippen molar-refractivity contribution in [3.63, 3.8) is 0 Å². The maximum absolute atomic E-state index is 12.1. The highest BCUT2D eigenvalue weighted by atomic mass is 35.5. The van der Waals surface area contributed by atoms with Gasteiger partial charge in [-0.05, 0) is 31.0 Å². The van der Waals surface area contributed by atoms with Crippen LogP contribution < -0.4 is 10.2 Å². The molecule has 1 N–H and O–H groups in total. The normalized spacial score (nSPS) is 14.3. The van der Waals surface area contributed by atoms with Crippen LogP contribution in [0.15, 0.2) is 35.1 Å². The van der Waals surface area contributed by atoms with E-state index in [2.05, 4.69) is 47.4 Å². The molecule has 3 rings (SSSR count). The molecule has 0 spiro atoms. The number of aryl methyl sites for hydroxylation is 1. The monoisotopic (exact) mass is 336 g/mol. The molecular weight excluding hydrogens is 316 g/mol. The van der Waals surface area contributed by atoms with Crippen LogP contribution in [0.1, 0.15) is 11.1 Å². The van der Waals surface area contributed by atoms with Gasteiger partial charge < -0.3 is 14.3 Å². The smallest absolute Gasteiger partial charge is 0.323 e. The zero-order valence-electron chi connectivity index (χ0n) is 13.3. The molecule has 1 fully saturated rings. The largest absolute Gasteiger partial charge is 0.368 e. The number of urea groups is 1. The molecule has 0 bridgehead atoms. The molecule has 2 heterocycles. The first-order valence-corrected chi connectivity index (χ1v) is 7.42. The highest BCUT2D eigenvalue weighted by Gasteiger charge is 2.22. The molecule has 2 aromatic rings. The molecule has 6 nitrogen and oxygen atoms in total. The Morgan fingerprint density at radius 1 is 1.17 bits per heavy atom. The van der Waals surface area contributed by atoms with Crippen LogP contribution in [0.5, 0.6) is 0 Å². The summed E-state index contributed by atoms with van der Waals surface area (Å²) >= 11 is 0. The van der Waals surface area contributed by atoms with Crippen LogP contribution in [0.2, 0.25) is 0 Å². The number of hydrogen-bond donors (Lipinski definition) is 1. The average Bonchev–Trinajstić information content (AvgIpc) is 3.03. The lowest BCUT2D eigenvalue weighted by Gasteiger charge is -2.36. The molecule has 7 heteroatoms. The van der Waals surface area contributed by atoms with Crippen LogP contribution in [0, 0.1) is 13.8 Å². The highest BCUT2D eigenvalue weighted by Crippen LogP contribution is 2.23. The third kappa shape index (κ3) is 3.76. The summed E-state index contributed by atoms with van der Waals surface area (Å²) < 4.78 is 4.71. The number of aromatic nitrogens is 1. The topological polar surface area (TPSA) is 61.6 Å². The van der Waals surface area contributed by atoms with Gasteiger partial charge in [0.15, 0.2) is 5.82 Å². The van der Waals surface area contributed by atoms with Gasteiger partial charge in [-0.15, -0.1) is 12.4 Å². The number of amides is 2. The van der Waals surface area contributed by atoms with Crippen molar-refractivity contribution in [1.82, 2.24) is 10.1 Å². The van der Waals surface area contributed by atoms with Crippen LogP contribution >= 0.6 is 12.4 Å². The van der Waals surface area contributed by atoms with Gasteiger partial charge in [0.05, 0.1) is 0 Å². The molecule has 1 aromatic carbocycles. The number of benzene rings is 1. The maximum Gasteiger partial charge on any atom is 0.323 e. The summed E-state index contributed by atoms with van der Waals surface area (Å²) in [6, 6.07) is 7.86. The number of hydrogen-bond acceptors (Lipinski definition) is 4. The van der Waals surface area contributed by atoms with E-state index in [4.69, 9.17) is 4.52 Å². The van der Waals surface area contributed by atoms with Crippen LogP contribution in [0.3, 0.4) is 0 Å². The van der Waals surface area contributed by atoms with E-state index in [1.807, 2.05) is 0 Å². The molecule has 0 saturated carbocycles. The van der Waals surface area contributed by atoms with E-state index < -0.39 is 0 Å². The number of halogens is 1. The quantitative estimate of drug-likeness (QED) is 0.915. The Balaban J connectivity index is 0.00000192. The highest BCUT2D eigenvalue weighted by molar-refractivity contribution is 5.88. The average molecular weight is 337 g/mol. The van der Waals surface area contributed by atoms with Gasteiger partial charge in [0.2, 0.25) is 0 Å². The first-order valence-electron chi connectivity index (χ1n) is 7.42. The zero-order valence-corrected chi connectivity index (χ0v) is 14.1. The predicted octanol–water partition coefficient (Wildman–Crippen LogP) is 3.07. The molecule has 124 valence electrons. The van der Waals surface area contributed by atoms with Gasteiger partial charge in [0, 0.05) is 37.9 Å². The minimum absolute atomic E-state index is 0. The van der Waals surface area contributed by atoms with Gasteiger partial charge in [-0.1, -0.05) is 17.3 Å². The Labute approximate surface area is 141 Å². The molecule has 0 aliphatic carbocycles. The summed E-state index contributed by atoms with van der Waals surface area (Å²) in [6.45, 7) is 7.32. The number of anilines is 2. The molecule has 0 radical (unpaired) electrons. The molecule has 23 heavy (non-hydrogen) atoms. The van der Waals surface area contributed by atoms with Crippen LogP contribution in [0.4, 0.5) is 16.3 Å². The number of carbonyl (C=O) groups excluding carboxylic acids is 1. The van der Waals surface area contributed by atoms with Crippen molar-refractivity contribution in [3.05, 3.63) is 41.7 Å². The summed E-state index contributed by atoms with van der Waals surface area (Å²) in [5, 5.41) is 6.42. The fraction of sp³-hybridized carbons (Fsp3) is 0.375. The zero-order chi connectivity index (χ0) is 15.5. The van der Waals surface area contributed by atoms with Crippen molar-refractivity contribution in [1.29, 1.82) is 0 Å². The molecular formula is C16H21ClN4O2. The van der Waals surface area contributed by atoms with Gasteiger partial charge in [0.25, 0.3) is 0 Å². The van der Waals surface area contributed by atoms with Crippen molar-refractivity contribution in [2.75, 3.05) is 36.4 Å². The second kappa shape index (κ2) is 7.37. The molecule has 0 unspecified atom stereocenters. The Kier molecular flexibility index (Phi) is 5.50. The number of nitrogens with zero attached hydrogens (tertiary/aromatic N) is 3. The minimum Gasteiger partial charge on any atom is -0.368 e. The van der Waals surface area contributed by atoms with Crippen molar-refractivity contribution in [2.45, 2.75) is 13.8 Å². The fourth-order valence-electron chi connectivity index (χ4n) is 2.69. The Morgan fingerprint density at radius 2 is 1.91 bits per heavy atom. The van der Waals surface area contributed by atoms with E-state index in [-0.39, 0.29) is 18.4 Å². The van der Waals surface area contributed by atoms with E-state index in [1.54, 1.807) is 11.0 Å². The number of nitrogens with one attached hydrogen (secondary N) is 1. The third-order valence-electron chi connectivity index (χ3n) is 4.16. The molecule has 0 atom stereocenters. The van der Waals surface area contributed by atoms with Crippen LogP contribution in [0.25, 0.3) is 0 Å². The van der Waals surface area contributed by atoms with Crippen molar-refractivity contribution in [2.24, 2.45) is 0 Å². The fourth-order valence-corrected chi connectivity index (χ4v) is 2.69. The first kappa shape index (κ1) is 17.1. The van der Waals surface area contributed by atoms with Crippen molar-refractivity contribution >= 4 is 29.9 Å². The standard InChI is InChI=1S/C16H20N4O2.ClH/c1-12-4-3-5-14(13(12)2)19-7-9-20(10-8-19)16(21)17-15-6-11-22-18-15;/h3-6,11H,7-10H2,1-2H3,(H,17,18,21);1H. The minimum atomic E-state index is -0.130. The SMILES string of the molecule is Cc1cccc(N2CCN(C(=O)Nc3ccon3)CC2)c1C.Cl. The lowest BCUT2D eigenvalue weighted by Crippen LogP contribution is -2.50. The van der Waals surface area contributed by atoms with E-state index >= 15 is 0 Å². The molecule has 1 saturated heterocycles. The van der Waals surface area contributed by atoms with E-state index in [0.717, 1.165) is 13.1 Å².